The lowest BCUT2D eigenvalue weighted by Crippen LogP contribution is -2.04. The van der Waals surface area contributed by atoms with Crippen LogP contribution in [0.4, 0.5) is 0 Å². The van der Waals surface area contributed by atoms with Gasteiger partial charge in [0.1, 0.15) is 0 Å². The van der Waals surface area contributed by atoms with Crippen molar-refractivity contribution < 1.29 is 0 Å². The van der Waals surface area contributed by atoms with Gasteiger partial charge in [0.25, 0.3) is 0 Å². The first-order valence-corrected chi connectivity index (χ1v) is 7.78. The summed E-state index contributed by atoms with van der Waals surface area (Å²) in [6.45, 7) is 3.31. The summed E-state index contributed by atoms with van der Waals surface area (Å²) in [4.78, 5) is 4.57. The molecule has 2 nitrogen and oxygen atoms in total. The van der Waals surface area contributed by atoms with E-state index in [9.17, 15) is 0 Å². The summed E-state index contributed by atoms with van der Waals surface area (Å²) < 4.78 is 5.77. The lowest BCUT2D eigenvalue weighted by Gasteiger charge is -2.00. The third-order valence-corrected chi connectivity index (χ3v) is 4.51. The van der Waals surface area contributed by atoms with Gasteiger partial charge in [-0.2, -0.15) is 0 Å². The third kappa shape index (κ3) is 3.98. The summed E-state index contributed by atoms with van der Waals surface area (Å²) in [5.74, 6) is 0. The molecule has 1 heterocycles. The predicted molar refractivity (Wildman–Crippen MR) is 77.6 cm³/mol. The van der Waals surface area contributed by atoms with Crippen molar-refractivity contribution in [3.8, 4) is 0 Å². The largest absolute Gasteiger partial charge is 0.258 e. The van der Waals surface area contributed by atoms with E-state index in [1.165, 1.54) is 30.4 Å². The number of hydrogen-bond acceptors (Lipinski definition) is 4. The topological polar surface area (TPSA) is 24.9 Å². The van der Waals surface area contributed by atoms with Gasteiger partial charge in [0.15, 0.2) is 4.34 Å². The summed E-state index contributed by atoms with van der Waals surface area (Å²) >= 11 is 3.42. The van der Waals surface area contributed by atoms with Gasteiger partial charge in [-0.05, 0) is 30.5 Å². The Hall–Kier alpha value is -0.580. The Kier molecular flexibility index (Phi) is 5.29. The Balaban J connectivity index is 1.75. The lowest BCUT2D eigenvalue weighted by atomic mass is 10.2. The van der Waals surface area contributed by atoms with Gasteiger partial charge < -0.3 is 0 Å². The van der Waals surface area contributed by atoms with Crippen molar-refractivity contribution in [3.63, 3.8) is 0 Å². The summed E-state index contributed by atoms with van der Waals surface area (Å²) in [6, 6.07) is 8.29. The Morgan fingerprint density at radius 1 is 1.24 bits per heavy atom. The van der Waals surface area contributed by atoms with Crippen molar-refractivity contribution in [2.75, 3.05) is 6.54 Å². The fourth-order valence-electron chi connectivity index (χ4n) is 1.63. The molecule has 0 saturated carbocycles. The standard InChI is InChI=1S/C13H18N2S2/c1-2-3-4-7-10-14-17-13-15-11-8-5-6-9-12(11)16-13/h5-6,8-9,14H,2-4,7,10H2,1H3. The smallest absolute Gasteiger partial charge is 0.166 e. The molecule has 92 valence electrons. The highest BCUT2D eigenvalue weighted by Gasteiger charge is 2.02. The second-order valence-electron chi connectivity index (χ2n) is 4.00. The van der Waals surface area contributed by atoms with Crippen LogP contribution in [-0.2, 0) is 0 Å². The second-order valence-corrected chi connectivity index (χ2v) is 6.17. The number of para-hydroxylation sites is 1. The zero-order valence-electron chi connectivity index (χ0n) is 10.1. The van der Waals surface area contributed by atoms with E-state index in [1.54, 1.807) is 23.3 Å². The van der Waals surface area contributed by atoms with Crippen LogP contribution < -0.4 is 4.72 Å². The zero-order chi connectivity index (χ0) is 11.9. The number of nitrogens with one attached hydrogen (secondary N) is 1. The number of nitrogens with zero attached hydrogens (tertiary/aromatic N) is 1. The first kappa shape index (κ1) is 12.9. The van der Waals surface area contributed by atoms with E-state index in [-0.39, 0.29) is 0 Å². The van der Waals surface area contributed by atoms with Crippen LogP contribution in [0, 0.1) is 0 Å². The van der Waals surface area contributed by atoms with Crippen molar-refractivity contribution in [1.29, 1.82) is 0 Å². The maximum Gasteiger partial charge on any atom is 0.166 e. The second kappa shape index (κ2) is 6.99. The SMILES string of the molecule is CCCCCCNSc1nc2ccccc2s1. The normalized spacial score (nSPS) is 11.1. The Morgan fingerprint density at radius 3 is 2.94 bits per heavy atom. The molecule has 0 aliphatic heterocycles. The van der Waals surface area contributed by atoms with Gasteiger partial charge in [-0.3, -0.25) is 4.72 Å². The average Bonchev–Trinajstić information content (AvgIpc) is 2.76. The molecule has 0 aliphatic rings. The van der Waals surface area contributed by atoms with Gasteiger partial charge in [-0.15, -0.1) is 11.3 Å². The first-order valence-electron chi connectivity index (χ1n) is 6.15. The predicted octanol–water partition coefficient (Wildman–Crippen LogP) is 4.47. The Bertz CT molecular complexity index is 420. The highest BCUT2D eigenvalue weighted by molar-refractivity contribution is 7.99. The van der Waals surface area contributed by atoms with Crippen molar-refractivity contribution in [1.82, 2.24) is 9.71 Å². The Morgan fingerprint density at radius 2 is 2.12 bits per heavy atom. The van der Waals surface area contributed by atoms with Crippen molar-refractivity contribution in [2.24, 2.45) is 0 Å². The van der Waals surface area contributed by atoms with Crippen LogP contribution in [0.15, 0.2) is 28.6 Å². The van der Waals surface area contributed by atoms with E-state index in [2.05, 4.69) is 34.8 Å². The van der Waals surface area contributed by atoms with E-state index in [0.29, 0.717) is 0 Å². The van der Waals surface area contributed by atoms with Gasteiger partial charge in [0.2, 0.25) is 0 Å². The molecular formula is C13H18N2S2. The van der Waals surface area contributed by atoms with Gasteiger partial charge in [-0.1, -0.05) is 38.3 Å². The van der Waals surface area contributed by atoms with Crippen LogP contribution >= 0.6 is 23.3 Å². The van der Waals surface area contributed by atoms with Crippen molar-refractivity contribution >= 4 is 33.5 Å². The molecule has 0 bridgehead atoms. The number of thiazole rings is 1. The number of unbranched alkanes of at least 4 members (excludes halogenated alkanes) is 3. The van der Waals surface area contributed by atoms with Gasteiger partial charge >= 0.3 is 0 Å². The molecule has 0 saturated heterocycles. The van der Waals surface area contributed by atoms with Gasteiger partial charge in [0.05, 0.1) is 10.2 Å². The number of benzene rings is 1. The third-order valence-electron chi connectivity index (χ3n) is 2.57. The number of rotatable bonds is 7. The molecule has 0 atom stereocenters. The van der Waals surface area contributed by atoms with Crippen LogP contribution in [0.3, 0.4) is 0 Å². The minimum atomic E-state index is 1.07. The molecule has 2 rings (SSSR count). The highest BCUT2D eigenvalue weighted by Crippen LogP contribution is 2.27. The molecule has 0 radical (unpaired) electrons. The summed E-state index contributed by atoms with van der Waals surface area (Å²) in [5.41, 5.74) is 1.10. The highest BCUT2D eigenvalue weighted by atomic mass is 32.2. The molecule has 1 N–H and O–H groups in total. The average molecular weight is 266 g/mol. The van der Waals surface area contributed by atoms with E-state index in [0.717, 1.165) is 16.4 Å². The zero-order valence-corrected chi connectivity index (χ0v) is 11.7. The lowest BCUT2D eigenvalue weighted by molar-refractivity contribution is 0.662. The maximum absolute atomic E-state index is 4.57. The number of fused-ring (bicyclic) bond motifs is 1. The van der Waals surface area contributed by atoms with Crippen LogP contribution in [0.25, 0.3) is 10.2 Å². The number of hydrogen-bond donors (Lipinski definition) is 1. The maximum atomic E-state index is 4.57. The Labute approximate surface area is 111 Å². The van der Waals surface area contributed by atoms with Gasteiger partial charge in [-0.25, -0.2) is 4.98 Å². The molecule has 1 aromatic heterocycles. The molecule has 0 fully saturated rings. The minimum absolute atomic E-state index is 1.07. The molecule has 0 aliphatic carbocycles. The van der Waals surface area contributed by atoms with E-state index >= 15 is 0 Å². The van der Waals surface area contributed by atoms with E-state index in [1.807, 2.05) is 6.07 Å². The number of aromatic nitrogens is 1. The first-order chi connectivity index (χ1) is 8.40. The molecule has 2 aromatic rings. The summed E-state index contributed by atoms with van der Waals surface area (Å²) in [6.07, 6.45) is 5.22. The fourth-order valence-corrected chi connectivity index (χ4v) is 3.46. The minimum Gasteiger partial charge on any atom is -0.258 e. The summed E-state index contributed by atoms with van der Waals surface area (Å²) in [5, 5.41) is 0. The molecule has 1 aromatic carbocycles. The van der Waals surface area contributed by atoms with Crippen molar-refractivity contribution in [3.05, 3.63) is 24.3 Å². The van der Waals surface area contributed by atoms with E-state index < -0.39 is 0 Å². The van der Waals surface area contributed by atoms with Crippen molar-refractivity contribution in [2.45, 2.75) is 36.9 Å². The molecular weight excluding hydrogens is 248 g/mol. The quantitative estimate of drug-likeness (QED) is 0.591. The monoisotopic (exact) mass is 266 g/mol. The molecule has 17 heavy (non-hydrogen) atoms. The van der Waals surface area contributed by atoms with Crippen LogP contribution in [0.5, 0.6) is 0 Å². The molecule has 0 spiro atoms. The van der Waals surface area contributed by atoms with Crippen LogP contribution in [0.1, 0.15) is 32.6 Å². The molecule has 0 amide bonds. The van der Waals surface area contributed by atoms with Crippen LogP contribution in [0.2, 0.25) is 0 Å². The fraction of sp³-hybridized carbons (Fsp3) is 0.462. The van der Waals surface area contributed by atoms with Crippen LogP contribution in [-0.4, -0.2) is 11.5 Å². The molecule has 4 heteroatoms. The molecule has 0 unspecified atom stereocenters. The van der Waals surface area contributed by atoms with Gasteiger partial charge in [0, 0.05) is 6.54 Å². The summed E-state index contributed by atoms with van der Waals surface area (Å²) in [7, 11) is 0. The van der Waals surface area contributed by atoms with E-state index in [4.69, 9.17) is 0 Å².